The largest absolute Gasteiger partial charge is 0.475 e. The molecule has 0 radical (unpaired) electrons. The first-order valence-electron chi connectivity index (χ1n) is 8.30. The Kier molecular flexibility index (Phi) is 5.05. The Morgan fingerprint density at radius 2 is 2.00 bits per heavy atom. The van der Waals surface area contributed by atoms with Gasteiger partial charge < -0.3 is 14.5 Å². The summed E-state index contributed by atoms with van der Waals surface area (Å²) in [6.07, 6.45) is 8.27. The fourth-order valence-electron chi connectivity index (χ4n) is 3.01. The minimum absolute atomic E-state index is 0.379. The highest BCUT2D eigenvalue weighted by Gasteiger charge is 2.27. The van der Waals surface area contributed by atoms with E-state index in [4.69, 9.17) is 9.15 Å². The molecule has 1 N–H and O–H groups in total. The molecule has 7 nitrogen and oxygen atoms in total. The van der Waals surface area contributed by atoms with Crippen LogP contribution in [-0.4, -0.2) is 32.8 Å². The molecule has 0 saturated heterocycles. The topological polar surface area (TPSA) is 86.0 Å². The zero-order valence-electron chi connectivity index (χ0n) is 13.7. The number of nitrogens with zero attached hydrogens (tertiary/aromatic N) is 4. The predicted octanol–water partition coefficient (Wildman–Crippen LogP) is 2.64. The quantitative estimate of drug-likeness (QED) is 0.840. The summed E-state index contributed by atoms with van der Waals surface area (Å²) in [7, 11) is 0. The molecule has 124 valence electrons. The van der Waals surface area contributed by atoms with Gasteiger partial charge in [-0.25, -0.2) is 9.97 Å². The van der Waals surface area contributed by atoms with Gasteiger partial charge in [-0.3, -0.25) is 0 Å². The second-order valence-corrected chi connectivity index (χ2v) is 5.81. The third kappa shape index (κ3) is 3.97. The summed E-state index contributed by atoms with van der Waals surface area (Å²) in [5, 5.41) is 11.6. The molecule has 2 atom stereocenters. The molecule has 7 heteroatoms. The lowest BCUT2D eigenvalue weighted by Gasteiger charge is -2.15. The Morgan fingerprint density at radius 3 is 2.78 bits per heavy atom. The molecule has 3 rings (SSSR count). The van der Waals surface area contributed by atoms with E-state index in [0.717, 1.165) is 43.8 Å². The van der Waals surface area contributed by atoms with Crippen molar-refractivity contribution < 1.29 is 9.15 Å². The number of nitrogens with one attached hydrogen (secondary N) is 1. The van der Waals surface area contributed by atoms with Gasteiger partial charge in [0.2, 0.25) is 11.8 Å². The van der Waals surface area contributed by atoms with E-state index >= 15 is 0 Å². The monoisotopic (exact) mass is 317 g/mol. The molecule has 2 aromatic rings. The maximum absolute atomic E-state index is 5.61. The average Bonchev–Trinajstić information content (AvgIpc) is 3.19. The fourth-order valence-corrected chi connectivity index (χ4v) is 3.01. The molecular formula is C16H23N5O2. The Labute approximate surface area is 135 Å². The zero-order valence-corrected chi connectivity index (χ0v) is 13.7. The molecule has 0 bridgehead atoms. The first kappa shape index (κ1) is 15.7. The molecule has 0 unspecified atom stereocenters. The van der Waals surface area contributed by atoms with Gasteiger partial charge in [-0.1, -0.05) is 6.92 Å². The van der Waals surface area contributed by atoms with Gasteiger partial charge in [0.05, 0.1) is 6.61 Å². The van der Waals surface area contributed by atoms with Gasteiger partial charge in [0, 0.05) is 31.3 Å². The van der Waals surface area contributed by atoms with Gasteiger partial charge >= 0.3 is 0 Å². The number of hydrogen-bond acceptors (Lipinski definition) is 7. The third-order valence-electron chi connectivity index (χ3n) is 4.10. The summed E-state index contributed by atoms with van der Waals surface area (Å²) in [6, 6.07) is 0.379. The molecule has 0 aromatic carbocycles. The van der Waals surface area contributed by atoms with Gasteiger partial charge in [-0.05, 0) is 32.1 Å². The van der Waals surface area contributed by atoms with Crippen LogP contribution in [0.1, 0.15) is 44.9 Å². The number of hydrogen-bond donors (Lipinski definition) is 1. The van der Waals surface area contributed by atoms with Crippen molar-refractivity contribution in [2.75, 3.05) is 11.9 Å². The Bertz CT molecular complexity index is 630. The van der Waals surface area contributed by atoms with Crippen LogP contribution in [0.3, 0.4) is 0 Å². The van der Waals surface area contributed by atoms with E-state index in [0.29, 0.717) is 30.3 Å². The molecule has 0 aliphatic heterocycles. The SMILES string of the molecule is CCOc1nccnc1N[C@H]1CC[C@@H](Cc2nnc(CC)o2)C1. The van der Waals surface area contributed by atoms with Crippen molar-refractivity contribution in [1.29, 1.82) is 0 Å². The van der Waals surface area contributed by atoms with Crippen molar-refractivity contribution in [3.8, 4) is 5.88 Å². The molecule has 2 aromatic heterocycles. The molecule has 1 saturated carbocycles. The minimum atomic E-state index is 0.379. The molecule has 0 amide bonds. The van der Waals surface area contributed by atoms with Crippen LogP contribution in [0.25, 0.3) is 0 Å². The van der Waals surface area contributed by atoms with Gasteiger partial charge in [-0.15, -0.1) is 10.2 Å². The molecule has 23 heavy (non-hydrogen) atoms. The maximum atomic E-state index is 5.61. The number of aromatic nitrogens is 4. The number of anilines is 1. The second kappa shape index (κ2) is 7.39. The average molecular weight is 317 g/mol. The highest BCUT2D eigenvalue weighted by molar-refractivity contribution is 5.45. The second-order valence-electron chi connectivity index (χ2n) is 5.81. The molecular weight excluding hydrogens is 294 g/mol. The van der Waals surface area contributed by atoms with Crippen LogP contribution < -0.4 is 10.1 Å². The van der Waals surface area contributed by atoms with Gasteiger partial charge in [-0.2, -0.15) is 0 Å². The van der Waals surface area contributed by atoms with Crippen LogP contribution in [0.2, 0.25) is 0 Å². The molecule has 1 aliphatic rings. The number of ether oxygens (including phenoxy) is 1. The highest BCUT2D eigenvalue weighted by Crippen LogP contribution is 2.31. The van der Waals surface area contributed by atoms with Crippen LogP contribution in [0.15, 0.2) is 16.8 Å². The lowest BCUT2D eigenvalue weighted by Crippen LogP contribution is -2.18. The summed E-state index contributed by atoms with van der Waals surface area (Å²) < 4.78 is 11.1. The smallest absolute Gasteiger partial charge is 0.257 e. The highest BCUT2D eigenvalue weighted by atomic mass is 16.5. The summed E-state index contributed by atoms with van der Waals surface area (Å²) in [5.74, 6) is 3.33. The van der Waals surface area contributed by atoms with Crippen molar-refractivity contribution in [2.24, 2.45) is 5.92 Å². The summed E-state index contributed by atoms with van der Waals surface area (Å²) in [4.78, 5) is 8.57. The Balaban J connectivity index is 1.55. The number of rotatable bonds is 7. The van der Waals surface area contributed by atoms with Crippen LogP contribution in [0.5, 0.6) is 5.88 Å². The van der Waals surface area contributed by atoms with E-state index in [1.54, 1.807) is 12.4 Å². The molecule has 2 heterocycles. The van der Waals surface area contributed by atoms with E-state index in [-0.39, 0.29) is 0 Å². The van der Waals surface area contributed by atoms with E-state index in [9.17, 15) is 0 Å². The van der Waals surface area contributed by atoms with Gasteiger partial charge in [0.25, 0.3) is 5.88 Å². The maximum Gasteiger partial charge on any atom is 0.257 e. The fraction of sp³-hybridized carbons (Fsp3) is 0.625. The van der Waals surface area contributed by atoms with Crippen molar-refractivity contribution in [3.63, 3.8) is 0 Å². The molecule has 0 spiro atoms. The first-order chi connectivity index (χ1) is 11.3. The normalized spacial score (nSPS) is 20.6. The van der Waals surface area contributed by atoms with Crippen molar-refractivity contribution >= 4 is 5.82 Å². The molecule has 1 fully saturated rings. The molecule has 1 aliphatic carbocycles. The van der Waals surface area contributed by atoms with Crippen molar-refractivity contribution in [3.05, 3.63) is 24.2 Å². The van der Waals surface area contributed by atoms with Gasteiger partial charge in [0.1, 0.15) is 0 Å². The Hall–Kier alpha value is -2.18. The van der Waals surface area contributed by atoms with E-state index in [2.05, 4.69) is 25.5 Å². The standard InChI is InChI=1S/C16H23N5O2/c1-3-13-20-21-14(23-13)10-11-5-6-12(9-11)19-15-16(22-4-2)18-8-7-17-15/h7-8,11-12H,3-6,9-10H2,1-2H3,(H,17,19)/t11-,12+/m1/s1. The van der Waals surface area contributed by atoms with Crippen LogP contribution >= 0.6 is 0 Å². The summed E-state index contributed by atoms with van der Waals surface area (Å²) >= 11 is 0. The van der Waals surface area contributed by atoms with Crippen LogP contribution in [-0.2, 0) is 12.8 Å². The van der Waals surface area contributed by atoms with E-state index in [1.165, 1.54) is 0 Å². The summed E-state index contributed by atoms with van der Waals surface area (Å²) in [5.41, 5.74) is 0. The van der Waals surface area contributed by atoms with E-state index in [1.807, 2.05) is 13.8 Å². The first-order valence-corrected chi connectivity index (χ1v) is 8.30. The van der Waals surface area contributed by atoms with Crippen molar-refractivity contribution in [2.45, 2.75) is 52.0 Å². The lowest BCUT2D eigenvalue weighted by molar-refractivity contribution is 0.326. The lowest BCUT2D eigenvalue weighted by atomic mass is 10.0. The third-order valence-corrected chi connectivity index (χ3v) is 4.10. The predicted molar refractivity (Wildman–Crippen MR) is 85.3 cm³/mol. The minimum Gasteiger partial charge on any atom is -0.475 e. The summed E-state index contributed by atoms with van der Waals surface area (Å²) in [6.45, 7) is 4.54. The number of aryl methyl sites for hydroxylation is 1. The van der Waals surface area contributed by atoms with Crippen molar-refractivity contribution in [1.82, 2.24) is 20.2 Å². The van der Waals surface area contributed by atoms with E-state index < -0.39 is 0 Å². The van der Waals surface area contributed by atoms with Crippen LogP contribution in [0, 0.1) is 5.92 Å². The Morgan fingerprint density at radius 1 is 1.17 bits per heavy atom. The van der Waals surface area contributed by atoms with Gasteiger partial charge in [0.15, 0.2) is 5.82 Å². The zero-order chi connectivity index (χ0) is 16.1. The van der Waals surface area contributed by atoms with Crippen LogP contribution in [0.4, 0.5) is 5.82 Å².